The van der Waals surface area contributed by atoms with Crippen LogP contribution in [-0.4, -0.2) is 23.9 Å². The lowest BCUT2D eigenvalue weighted by molar-refractivity contribution is -0.276. The van der Waals surface area contributed by atoms with Gasteiger partial charge in [-0.25, -0.2) is 9.78 Å². The minimum atomic E-state index is -5.24. The molecule has 0 aliphatic rings. The number of ether oxygens (including phenoxy) is 2. The molecule has 0 amide bonds. The SMILES string of the molecule is CCOC(=O)c1nc(OC(F)(F)F)cc(C(F)(F)F)c1I. The lowest BCUT2D eigenvalue weighted by atomic mass is 10.2. The van der Waals surface area contributed by atoms with Gasteiger partial charge >= 0.3 is 18.5 Å². The Labute approximate surface area is 127 Å². The summed E-state index contributed by atoms with van der Waals surface area (Å²) in [5.41, 5.74) is -2.37. The lowest BCUT2D eigenvalue weighted by Gasteiger charge is -2.15. The number of halogens is 7. The molecule has 0 aliphatic heterocycles. The van der Waals surface area contributed by atoms with Crippen molar-refractivity contribution in [1.29, 1.82) is 0 Å². The van der Waals surface area contributed by atoms with Gasteiger partial charge in [0.25, 0.3) is 0 Å². The largest absolute Gasteiger partial charge is 0.574 e. The zero-order valence-corrected chi connectivity index (χ0v) is 12.3. The van der Waals surface area contributed by atoms with Gasteiger partial charge in [-0.15, -0.1) is 13.2 Å². The molecular formula is C10H6F6INO3. The second kappa shape index (κ2) is 6.23. The molecule has 1 heterocycles. The fraction of sp³-hybridized carbons (Fsp3) is 0.400. The van der Waals surface area contributed by atoms with E-state index >= 15 is 0 Å². The number of rotatable bonds is 3. The number of alkyl halides is 6. The summed E-state index contributed by atoms with van der Waals surface area (Å²) in [6, 6.07) is 0.0674. The molecule has 21 heavy (non-hydrogen) atoms. The summed E-state index contributed by atoms with van der Waals surface area (Å²) < 4.78 is 81.7. The Morgan fingerprint density at radius 2 is 1.86 bits per heavy atom. The number of hydrogen-bond donors (Lipinski definition) is 0. The van der Waals surface area contributed by atoms with Crippen LogP contribution in [0.2, 0.25) is 0 Å². The van der Waals surface area contributed by atoms with Gasteiger partial charge in [0.2, 0.25) is 5.88 Å². The van der Waals surface area contributed by atoms with Gasteiger partial charge in [0.1, 0.15) is 0 Å². The normalized spacial score (nSPS) is 12.2. The highest BCUT2D eigenvalue weighted by Crippen LogP contribution is 2.36. The average molecular weight is 429 g/mol. The number of pyridine rings is 1. The second-order valence-corrected chi connectivity index (χ2v) is 4.52. The maximum atomic E-state index is 12.8. The maximum absolute atomic E-state index is 12.8. The average Bonchev–Trinajstić information content (AvgIpc) is 2.28. The quantitative estimate of drug-likeness (QED) is 0.417. The molecule has 0 aliphatic carbocycles. The van der Waals surface area contributed by atoms with Crippen LogP contribution in [-0.2, 0) is 10.9 Å². The van der Waals surface area contributed by atoms with Crippen molar-refractivity contribution in [2.24, 2.45) is 0 Å². The van der Waals surface area contributed by atoms with E-state index < -0.39 is 39.2 Å². The van der Waals surface area contributed by atoms with E-state index in [9.17, 15) is 31.1 Å². The Morgan fingerprint density at radius 3 is 2.29 bits per heavy atom. The zero-order valence-electron chi connectivity index (χ0n) is 10.1. The molecule has 1 aromatic rings. The number of aromatic nitrogens is 1. The fourth-order valence-electron chi connectivity index (χ4n) is 1.22. The topological polar surface area (TPSA) is 48.4 Å². The van der Waals surface area contributed by atoms with Crippen LogP contribution in [0.15, 0.2) is 6.07 Å². The molecule has 0 atom stereocenters. The molecule has 0 saturated carbocycles. The van der Waals surface area contributed by atoms with E-state index in [1.54, 1.807) is 0 Å². The van der Waals surface area contributed by atoms with Crippen molar-refractivity contribution in [1.82, 2.24) is 4.98 Å². The van der Waals surface area contributed by atoms with E-state index in [1.165, 1.54) is 6.92 Å². The van der Waals surface area contributed by atoms with Crippen molar-refractivity contribution in [3.05, 3.63) is 20.9 Å². The molecule has 1 rings (SSSR count). The Morgan fingerprint density at radius 1 is 1.29 bits per heavy atom. The van der Waals surface area contributed by atoms with Gasteiger partial charge in [-0.1, -0.05) is 0 Å². The molecule has 0 unspecified atom stereocenters. The number of carbonyl (C=O) groups is 1. The summed E-state index contributed by atoms with van der Waals surface area (Å²) in [5.74, 6) is -2.67. The van der Waals surface area contributed by atoms with Crippen LogP contribution < -0.4 is 4.74 Å². The van der Waals surface area contributed by atoms with Gasteiger partial charge in [0.15, 0.2) is 5.69 Å². The molecule has 0 fully saturated rings. The van der Waals surface area contributed by atoms with E-state index in [1.807, 2.05) is 0 Å². The first-order valence-electron chi connectivity index (χ1n) is 5.16. The third-order valence-corrected chi connectivity index (χ3v) is 3.02. The number of nitrogens with zero attached hydrogens (tertiary/aromatic N) is 1. The third-order valence-electron chi connectivity index (χ3n) is 1.93. The van der Waals surface area contributed by atoms with Crippen LogP contribution in [0.5, 0.6) is 5.88 Å². The summed E-state index contributed by atoms with van der Waals surface area (Å²) in [4.78, 5) is 14.6. The zero-order chi connectivity index (χ0) is 16.4. The first kappa shape index (κ1) is 17.8. The molecule has 0 radical (unpaired) electrons. The van der Waals surface area contributed by atoms with Crippen LogP contribution in [0.25, 0.3) is 0 Å². The van der Waals surface area contributed by atoms with Crippen LogP contribution in [0.4, 0.5) is 26.3 Å². The number of hydrogen-bond acceptors (Lipinski definition) is 4. The van der Waals surface area contributed by atoms with Crippen molar-refractivity contribution in [3.8, 4) is 5.88 Å². The van der Waals surface area contributed by atoms with Crippen LogP contribution in [0, 0.1) is 3.57 Å². The number of esters is 1. The minimum absolute atomic E-state index is 0.0674. The number of carbonyl (C=O) groups excluding carboxylic acids is 1. The minimum Gasteiger partial charge on any atom is -0.461 e. The summed E-state index contributed by atoms with van der Waals surface area (Å²) in [5, 5.41) is 0. The van der Waals surface area contributed by atoms with Gasteiger partial charge < -0.3 is 9.47 Å². The first-order valence-corrected chi connectivity index (χ1v) is 6.24. The van der Waals surface area contributed by atoms with Crippen LogP contribution in [0.3, 0.4) is 0 Å². The van der Waals surface area contributed by atoms with E-state index in [2.05, 4.69) is 14.5 Å². The first-order chi connectivity index (χ1) is 9.45. The maximum Gasteiger partial charge on any atom is 0.574 e. The monoisotopic (exact) mass is 429 g/mol. The highest BCUT2D eigenvalue weighted by atomic mass is 127. The molecule has 0 N–H and O–H groups in total. The fourth-order valence-corrected chi connectivity index (χ4v) is 2.02. The molecule has 118 valence electrons. The van der Waals surface area contributed by atoms with Crippen LogP contribution in [0.1, 0.15) is 23.0 Å². The Bertz CT molecular complexity index is 543. The van der Waals surface area contributed by atoms with Gasteiger partial charge in [-0.05, 0) is 29.5 Å². The van der Waals surface area contributed by atoms with E-state index in [4.69, 9.17) is 0 Å². The van der Waals surface area contributed by atoms with Crippen LogP contribution >= 0.6 is 22.6 Å². The van der Waals surface area contributed by atoms with Crippen molar-refractivity contribution < 1.29 is 40.6 Å². The molecule has 0 saturated heterocycles. The molecule has 0 bridgehead atoms. The Balaban J connectivity index is 3.42. The molecule has 1 aromatic heterocycles. The summed E-state index contributed by atoms with van der Waals surface area (Å²) in [6.45, 7) is 1.20. The van der Waals surface area contributed by atoms with E-state index in [0.29, 0.717) is 0 Å². The summed E-state index contributed by atoms with van der Waals surface area (Å²) in [7, 11) is 0. The highest BCUT2D eigenvalue weighted by Gasteiger charge is 2.39. The van der Waals surface area contributed by atoms with Crippen molar-refractivity contribution in [2.75, 3.05) is 6.61 Å². The Hall–Kier alpha value is -1.27. The standard InChI is InChI=1S/C10H6F6INO3/c1-2-20-8(19)7-6(17)4(9(11,12)13)3-5(18-7)21-10(14,15)16/h3H,2H2,1H3. The van der Waals surface area contributed by atoms with E-state index in [0.717, 1.165) is 22.6 Å². The van der Waals surface area contributed by atoms with Crippen molar-refractivity contribution in [2.45, 2.75) is 19.5 Å². The Kier molecular flexibility index (Phi) is 5.28. The summed E-state index contributed by atoms with van der Waals surface area (Å²) >= 11 is 1.15. The third kappa shape index (κ3) is 4.89. The van der Waals surface area contributed by atoms with E-state index in [-0.39, 0.29) is 12.7 Å². The highest BCUT2D eigenvalue weighted by molar-refractivity contribution is 14.1. The second-order valence-electron chi connectivity index (χ2n) is 3.44. The van der Waals surface area contributed by atoms with Gasteiger partial charge in [-0.3, -0.25) is 0 Å². The predicted octanol–water partition coefficient (Wildman–Crippen LogP) is 3.78. The molecule has 4 nitrogen and oxygen atoms in total. The molecule has 11 heteroatoms. The van der Waals surface area contributed by atoms with Crippen molar-refractivity contribution >= 4 is 28.6 Å². The lowest BCUT2D eigenvalue weighted by Crippen LogP contribution is -2.21. The van der Waals surface area contributed by atoms with Crippen molar-refractivity contribution in [3.63, 3.8) is 0 Å². The van der Waals surface area contributed by atoms with Gasteiger partial charge in [-0.2, -0.15) is 13.2 Å². The molecule has 0 spiro atoms. The molecular weight excluding hydrogens is 423 g/mol. The van der Waals surface area contributed by atoms with Gasteiger partial charge in [0.05, 0.1) is 15.7 Å². The van der Waals surface area contributed by atoms with Gasteiger partial charge in [0, 0.05) is 6.07 Å². The smallest absolute Gasteiger partial charge is 0.461 e. The predicted molar refractivity (Wildman–Crippen MR) is 64.6 cm³/mol. The summed E-state index contributed by atoms with van der Waals surface area (Å²) in [6.07, 6.45) is -10.2. The molecule has 0 aromatic carbocycles.